The Balaban J connectivity index is 1.52. The fraction of sp³-hybridized carbons (Fsp3) is 0.143. The van der Waals surface area contributed by atoms with Gasteiger partial charge in [-0.1, -0.05) is 30.4 Å². The molecule has 0 aliphatic carbocycles. The molecule has 2 N–H and O–H groups in total. The zero-order valence-electron chi connectivity index (χ0n) is 17.5. The molecule has 1 amide bonds. The fourth-order valence-electron chi connectivity index (χ4n) is 2.96. The highest BCUT2D eigenvalue weighted by Gasteiger charge is 2.18. The maximum Gasteiger partial charge on any atom is 0.349 e. The van der Waals surface area contributed by atoms with E-state index in [0.717, 1.165) is 11.3 Å². The van der Waals surface area contributed by atoms with E-state index in [9.17, 15) is 18.0 Å². The number of para-hydroxylation sites is 1. The van der Waals surface area contributed by atoms with Crippen molar-refractivity contribution in [3.63, 3.8) is 0 Å². The molecule has 0 unspecified atom stereocenters. The second-order valence-electron chi connectivity index (χ2n) is 6.76. The van der Waals surface area contributed by atoms with Crippen molar-refractivity contribution < 1.29 is 22.4 Å². The molecule has 2 aromatic carbocycles. The van der Waals surface area contributed by atoms with Crippen molar-refractivity contribution in [2.75, 3.05) is 17.1 Å². The van der Waals surface area contributed by atoms with Crippen LogP contribution in [-0.2, 0) is 16.4 Å². The van der Waals surface area contributed by atoms with E-state index in [0.29, 0.717) is 28.3 Å². The highest BCUT2D eigenvalue weighted by molar-refractivity contribution is 7.93. The Morgan fingerprint density at radius 2 is 1.91 bits per heavy atom. The van der Waals surface area contributed by atoms with Gasteiger partial charge in [0.25, 0.3) is 15.9 Å². The van der Waals surface area contributed by atoms with Crippen LogP contribution in [0.5, 0.6) is 5.75 Å². The van der Waals surface area contributed by atoms with Crippen LogP contribution in [-0.4, -0.2) is 31.6 Å². The average Bonchev–Trinajstić information content (AvgIpc) is 3.25. The lowest BCUT2D eigenvalue weighted by Crippen LogP contribution is -2.20. The summed E-state index contributed by atoms with van der Waals surface area (Å²) >= 11 is 1.15. The summed E-state index contributed by atoms with van der Waals surface area (Å²) in [5.41, 5.74) is -0.480. The number of benzene rings is 2. The van der Waals surface area contributed by atoms with Gasteiger partial charge in [0.1, 0.15) is 10.6 Å². The number of ether oxygens (including phenoxy) is 1. The third kappa shape index (κ3) is 4.71. The fourth-order valence-corrected chi connectivity index (χ4v) is 4.87. The zero-order valence-corrected chi connectivity index (χ0v) is 19.1. The van der Waals surface area contributed by atoms with Crippen molar-refractivity contribution in [1.82, 2.24) is 10.2 Å². The van der Waals surface area contributed by atoms with E-state index in [-0.39, 0.29) is 21.2 Å². The van der Waals surface area contributed by atoms with Crippen LogP contribution in [0.15, 0.2) is 62.6 Å². The molecular weight excluding hydrogens is 468 g/mol. The summed E-state index contributed by atoms with van der Waals surface area (Å²) < 4.78 is 37.9. The van der Waals surface area contributed by atoms with Gasteiger partial charge in [-0.25, -0.2) is 13.2 Å². The Hall–Kier alpha value is -3.77. The molecule has 170 valence electrons. The highest BCUT2D eigenvalue weighted by atomic mass is 32.2. The van der Waals surface area contributed by atoms with Crippen molar-refractivity contribution in [2.24, 2.45) is 0 Å². The van der Waals surface area contributed by atoms with Gasteiger partial charge in [0.05, 0.1) is 12.0 Å². The number of aromatic nitrogens is 2. The molecule has 0 aliphatic rings. The van der Waals surface area contributed by atoms with Gasteiger partial charge in [0.15, 0.2) is 11.3 Å². The van der Waals surface area contributed by atoms with Crippen LogP contribution in [0.2, 0.25) is 0 Å². The third-order valence-electron chi connectivity index (χ3n) is 4.60. The highest BCUT2D eigenvalue weighted by Crippen LogP contribution is 2.25. The molecule has 12 heteroatoms. The number of hydrogen-bond acceptors (Lipinski definition) is 9. The summed E-state index contributed by atoms with van der Waals surface area (Å²) in [5, 5.41) is 11.7. The number of nitrogens with one attached hydrogen (secondary N) is 2. The van der Waals surface area contributed by atoms with E-state index in [2.05, 4.69) is 20.2 Å². The number of amides is 1. The third-order valence-corrected chi connectivity index (χ3v) is 7.07. The van der Waals surface area contributed by atoms with E-state index in [1.807, 2.05) is 6.92 Å². The van der Waals surface area contributed by atoms with Crippen LogP contribution in [0.3, 0.4) is 0 Å². The second-order valence-corrected chi connectivity index (χ2v) is 9.51. The van der Waals surface area contributed by atoms with Crippen molar-refractivity contribution >= 4 is 49.1 Å². The summed E-state index contributed by atoms with van der Waals surface area (Å²) in [4.78, 5) is 25.0. The second kappa shape index (κ2) is 9.00. The molecule has 4 rings (SSSR count). The van der Waals surface area contributed by atoms with Crippen LogP contribution >= 0.6 is 11.3 Å². The minimum Gasteiger partial charge on any atom is -0.493 e. The number of aryl methyl sites for hydroxylation is 1. The number of sulfonamides is 1. The molecule has 0 atom stereocenters. The Kier molecular flexibility index (Phi) is 6.11. The predicted molar refractivity (Wildman–Crippen MR) is 124 cm³/mol. The zero-order chi connectivity index (χ0) is 23.6. The smallest absolute Gasteiger partial charge is 0.349 e. The summed E-state index contributed by atoms with van der Waals surface area (Å²) in [7, 11) is -2.43. The molecule has 0 fully saturated rings. The van der Waals surface area contributed by atoms with E-state index in [1.54, 1.807) is 18.2 Å². The van der Waals surface area contributed by atoms with Gasteiger partial charge in [-0.3, -0.25) is 9.52 Å². The molecule has 10 nitrogen and oxygen atoms in total. The average molecular weight is 487 g/mol. The number of methoxy groups -OCH3 is 1. The van der Waals surface area contributed by atoms with Crippen molar-refractivity contribution in [3.8, 4) is 5.75 Å². The molecular formula is C21H18N4O6S2. The van der Waals surface area contributed by atoms with E-state index >= 15 is 0 Å². The lowest BCUT2D eigenvalue weighted by molar-refractivity contribution is 0.102. The van der Waals surface area contributed by atoms with Crippen LogP contribution in [0, 0.1) is 0 Å². The topological polar surface area (TPSA) is 140 Å². The summed E-state index contributed by atoms with van der Waals surface area (Å²) in [6.07, 6.45) is 0.650. The van der Waals surface area contributed by atoms with Crippen molar-refractivity contribution in [3.05, 3.63) is 69.5 Å². The first-order valence-electron chi connectivity index (χ1n) is 9.68. The van der Waals surface area contributed by atoms with Gasteiger partial charge >= 0.3 is 5.63 Å². The van der Waals surface area contributed by atoms with Gasteiger partial charge in [-0.2, -0.15) is 0 Å². The SMILES string of the molecule is CCc1nnc(NS(=O)(=O)c2ccc(NC(=O)c3cc4cccc(OC)c4oc3=O)cc2)s1. The summed E-state index contributed by atoms with van der Waals surface area (Å²) in [5.74, 6) is -0.315. The minimum atomic E-state index is -3.87. The molecule has 2 heterocycles. The molecule has 0 radical (unpaired) electrons. The molecule has 0 bridgehead atoms. The quantitative estimate of drug-likeness (QED) is 0.379. The van der Waals surface area contributed by atoms with Gasteiger partial charge < -0.3 is 14.5 Å². The first-order chi connectivity index (χ1) is 15.8. The molecule has 2 aromatic heterocycles. The van der Waals surface area contributed by atoms with E-state index < -0.39 is 21.6 Å². The Morgan fingerprint density at radius 1 is 1.15 bits per heavy atom. The Morgan fingerprint density at radius 3 is 2.58 bits per heavy atom. The van der Waals surface area contributed by atoms with Crippen LogP contribution in [0.4, 0.5) is 10.8 Å². The standard InChI is InChI=1S/C21H18N4O6S2/c1-3-17-23-24-21(32-17)25-33(28,29)14-9-7-13(8-10-14)22-19(26)15-11-12-5-4-6-16(30-2)18(12)31-20(15)27/h4-11H,3H2,1-2H3,(H,22,26)(H,24,25). The van der Waals surface area contributed by atoms with E-state index in [1.165, 1.54) is 37.4 Å². The van der Waals surface area contributed by atoms with Gasteiger partial charge in [-0.15, -0.1) is 10.2 Å². The number of fused-ring (bicyclic) bond motifs is 1. The molecule has 0 aliphatic heterocycles. The summed E-state index contributed by atoms with van der Waals surface area (Å²) in [6.45, 7) is 1.89. The number of anilines is 2. The molecule has 0 saturated heterocycles. The normalized spacial score (nSPS) is 11.3. The van der Waals surface area contributed by atoms with Gasteiger partial charge in [-0.05, 0) is 42.8 Å². The number of nitrogens with zero attached hydrogens (tertiary/aromatic N) is 2. The molecule has 0 spiro atoms. The number of rotatable bonds is 7. The predicted octanol–water partition coefficient (Wildman–Crippen LogP) is 3.27. The lowest BCUT2D eigenvalue weighted by Gasteiger charge is -2.08. The number of hydrogen-bond donors (Lipinski definition) is 2. The van der Waals surface area contributed by atoms with Crippen LogP contribution < -0.4 is 20.4 Å². The maximum atomic E-state index is 12.6. The van der Waals surface area contributed by atoms with Crippen LogP contribution in [0.1, 0.15) is 22.3 Å². The van der Waals surface area contributed by atoms with Crippen molar-refractivity contribution in [1.29, 1.82) is 0 Å². The number of carbonyl (C=O) groups excluding carboxylic acids is 1. The maximum absolute atomic E-state index is 12.6. The first-order valence-corrected chi connectivity index (χ1v) is 12.0. The van der Waals surface area contributed by atoms with Crippen molar-refractivity contribution in [2.45, 2.75) is 18.2 Å². The largest absolute Gasteiger partial charge is 0.493 e. The minimum absolute atomic E-state index is 0.0222. The van der Waals surface area contributed by atoms with Crippen LogP contribution in [0.25, 0.3) is 11.0 Å². The first kappa shape index (κ1) is 22.4. The monoisotopic (exact) mass is 486 g/mol. The lowest BCUT2D eigenvalue weighted by atomic mass is 10.1. The van der Waals surface area contributed by atoms with Gasteiger partial charge in [0, 0.05) is 11.1 Å². The molecule has 33 heavy (non-hydrogen) atoms. The van der Waals surface area contributed by atoms with E-state index in [4.69, 9.17) is 9.15 Å². The molecule has 0 saturated carbocycles. The number of carbonyl (C=O) groups is 1. The van der Waals surface area contributed by atoms with Gasteiger partial charge in [0.2, 0.25) is 5.13 Å². The Labute approximate surface area is 192 Å². The molecule has 4 aromatic rings. The summed E-state index contributed by atoms with van der Waals surface area (Å²) in [6, 6.07) is 11.9. The Bertz CT molecular complexity index is 1490.